The van der Waals surface area contributed by atoms with Crippen LogP contribution in [-0.2, 0) is 0 Å². The van der Waals surface area contributed by atoms with Gasteiger partial charge in [0.1, 0.15) is 5.75 Å². The summed E-state index contributed by atoms with van der Waals surface area (Å²) in [5, 5.41) is 21.5. The lowest BCUT2D eigenvalue weighted by Gasteiger charge is -2.15. The van der Waals surface area contributed by atoms with Gasteiger partial charge in [0.05, 0.1) is 16.7 Å². The van der Waals surface area contributed by atoms with Gasteiger partial charge in [-0.25, -0.2) is 0 Å². The maximum atomic E-state index is 11.8. The van der Waals surface area contributed by atoms with Crippen molar-refractivity contribution in [1.29, 1.82) is 0 Å². The van der Waals surface area contributed by atoms with Gasteiger partial charge in [0, 0.05) is 6.04 Å². The van der Waals surface area contributed by atoms with E-state index in [9.17, 15) is 15.0 Å². The molecule has 94 valence electrons. The molecule has 3 N–H and O–H groups in total. The predicted molar refractivity (Wildman–Crippen MR) is 66.3 cm³/mol. The molecule has 0 aliphatic carbocycles. The van der Waals surface area contributed by atoms with Crippen LogP contribution in [0.1, 0.15) is 30.6 Å². The average molecular weight is 258 g/mol. The van der Waals surface area contributed by atoms with Gasteiger partial charge >= 0.3 is 0 Å². The van der Waals surface area contributed by atoms with E-state index in [0.29, 0.717) is 6.42 Å². The third-order valence-electron chi connectivity index (χ3n) is 2.27. The number of aromatic hydroxyl groups is 1. The highest BCUT2D eigenvalue weighted by Crippen LogP contribution is 2.21. The van der Waals surface area contributed by atoms with E-state index in [0.717, 1.165) is 0 Å². The van der Waals surface area contributed by atoms with Gasteiger partial charge in [0.2, 0.25) is 0 Å². The summed E-state index contributed by atoms with van der Waals surface area (Å²) in [6.45, 7) is 3.45. The summed E-state index contributed by atoms with van der Waals surface area (Å²) < 4.78 is 0. The molecule has 0 saturated carbocycles. The van der Waals surface area contributed by atoms with Crippen LogP contribution in [0.5, 0.6) is 5.75 Å². The van der Waals surface area contributed by atoms with Crippen molar-refractivity contribution in [3.05, 3.63) is 28.8 Å². The number of hydrogen-bond acceptors (Lipinski definition) is 3. The molecule has 0 spiro atoms. The fourth-order valence-electron chi connectivity index (χ4n) is 1.56. The highest BCUT2D eigenvalue weighted by atomic mass is 35.5. The number of phenols is 1. The zero-order valence-electron chi connectivity index (χ0n) is 9.77. The van der Waals surface area contributed by atoms with Crippen LogP contribution in [0.2, 0.25) is 5.02 Å². The van der Waals surface area contributed by atoms with Crippen LogP contribution in [0.4, 0.5) is 0 Å². The molecule has 1 aromatic rings. The highest BCUT2D eigenvalue weighted by molar-refractivity contribution is 6.33. The number of halogens is 1. The lowest BCUT2D eigenvalue weighted by molar-refractivity contribution is 0.0923. The first-order chi connectivity index (χ1) is 7.90. The van der Waals surface area contributed by atoms with Crippen LogP contribution in [0.15, 0.2) is 18.2 Å². The summed E-state index contributed by atoms with van der Waals surface area (Å²) in [5.74, 6) is -0.373. The number of rotatable bonds is 4. The molecule has 0 aliphatic heterocycles. The van der Waals surface area contributed by atoms with Crippen LogP contribution in [-0.4, -0.2) is 28.3 Å². The highest BCUT2D eigenvalue weighted by Gasteiger charge is 2.14. The van der Waals surface area contributed by atoms with E-state index in [1.807, 2.05) is 0 Å². The van der Waals surface area contributed by atoms with Crippen molar-refractivity contribution in [2.24, 2.45) is 0 Å². The Labute approximate surface area is 105 Å². The van der Waals surface area contributed by atoms with Gasteiger partial charge in [-0.1, -0.05) is 11.6 Å². The number of nitrogens with one attached hydrogen (secondary N) is 1. The molecule has 0 bridgehead atoms. The van der Waals surface area contributed by atoms with E-state index < -0.39 is 6.10 Å². The first kappa shape index (κ1) is 13.8. The van der Waals surface area contributed by atoms with Gasteiger partial charge in [-0.05, 0) is 38.5 Å². The SMILES string of the molecule is CC(O)CC(C)NC(=O)c1cc(O)ccc1Cl. The monoisotopic (exact) mass is 257 g/mol. The molecule has 2 unspecified atom stereocenters. The van der Waals surface area contributed by atoms with Crippen molar-refractivity contribution in [3.63, 3.8) is 0 Å². The summed E-state index contributed by atoms with van der Waals surface area (Å²) in [4.78, 5) is 11.8. The first-order valence-electron chi connectivity index (χ1n) is 5.37. The van der Waals surface area contributed by atoms with Crippen molar-refractivity contribution in [3.8, 4) is 5.75 Å². The molecule has 0 saturated heterocycles. The second-order valence-electron chi connectivity index (χ2n) is 4.12. The van der Waals surface area contributed by atoms with Crippen LogP contribution in [0.3, 0.4) is 0 Å². The summed E-state index contributed by atoms with van der Waals surface area (Å²) >= 11 is 5.86. The van der Waals surface area contributed by atoms with E-state index in [1.54, 1.807) is 13.8 Å². The lowest BCUT2D eigenvalue weighted by atomic mass is 10.1. The van der Waals surface area contributed by atoms with E-state index in [2.05, 4.69) is 5.32 Å². The molecule has 4 nitrogen and oxygen atoms in total. The Balaban J connectivity index is 2.73. The van der Waals surface area contributed by atoms with E-state index >= 15 is 0 Å². The van der Waals surface area contributed by atoms with Crippen LogP contribution in [0.25, 0.3) is 0 Å². The Kier molecular flexibility index (Phi) is 4.78. The molecular weight excluding hydrogens is 242 g/mol. The minimum Gasteiger partial charge on any atom is -0.508 e. The smallest absolute Gasteiger partial charge is 0.253 e. The second kappa shape index (κ2) is 5.89. The second-order valence-corrected chi connectivity index (χ2v) is 4.53. The molecule has 0 heterocycles. The van der Waals surface area contributed by atoms with Crippen molar-refractivity contribution >= 4 is 17.5 Å². The zero-order valence-corrected chi connectivity index (χ0v) is 10.5. The molecule has 0 fully saturated rings. The van der Waals surface area contributed by atoms with Gasteiger partial charge in [-0.3, -0.25) is 4.79 Å². The third-order valence-corrected chi connectivity index (χ3v) is 2.60. The minimum atomic E-state index is -0.482. The maximum Gasteiger partial charge on any atom is 0.253 e. The predicted octanol–water partition coefficient (Wildman–Crippen LogP) is 1.93. The summed E-state index contributed by atoms with van der Waals surface area (Å²) in [6, 6.07) is 4.02. The fourth-order valence-corrected chi connectivity index (χ4v) is 1.76. The lowest BCUT2D eigenvalue weighted by Crippen LogP contribution is -2.34. The summed E-state index contributed by atoms with van der Waals surface area (Å²) in [5.41, 5.74) is 0.226. The fraction of sp³-hybridized carbons (Fsp3) is 0.417. The topological polar surface area (TPSA) is 69.6 Å². The van der Waals surface area contributed by atoms with Gasteiger partial charge in [0.25, 0.3) is 5.91 Å². The Hall–Kier alpha value is -1.26. The number of aliphatic hydroxyl groups excluding tert-OH is 1. The van der Waals surface area contributed by atoms with Gasteiger partial charge in [0.15, 0.2) is 0 Å². The molecule has 1 aromatic carbocycles. The Morgan fingerprint density at radius 1 is 1.47 bits per heavy atom. The maximum absolute atomic E-state index is 11.8. The van der Waals surface area contributed by atoms with Crippen molar-refractivity contribution in [1.82, 2.24) is 5.32 Å². The van der Waals surface area contributed by atoms with Crippen LogP contribution < -0.4 is 5.32 Å². The average Bonchev–Trinajstić information content (AvgIpc) is 2.20. The molecule has 1 amide bonds. The number of carbonyl (C=O) groups is 1. The third kappa shape index (κ3) is 4.24. The van der Waals surface area contributed by atoms with E-state index in [4.69, 9.17) is 11.6 Å². The number of aliphatic hydroxyl groups is 1. The molecule has 0 aliphatic rings. The Bertz CT molecular complexity index is 407. The Morgan fingerprint density at radius 2 is 2.12 bits per heavy atom. The zero-order chi connectivity index (χ0) is 13.0. The number of hydrogen-bond donors (Lipinski definition) is 3. The van der Waals surface area contributed by atoms with E-state index in [1.165, 1.54) is 18.2 Å². The quantitative estimate of drug-likeness (QED) is 0.772. The van der Waals surface area contributed by atoms with E-state index in [-0.39, 0.29) is 28.3 Å². The number of phenolic OH excluding ortho intramolecular Hbond substituents is 1. The van der Waals surface area contributed by atoms with Crippen molar-refractivity contribution in [2.45, 2.75) is 32.4 Å². The molecule has 17 heavy (non-hydrogen) atoms. The standard InChI is InChI=1S/C12H16ClNO3/c1-7(5-8(2)15)14-12(17)10-6-9(16)3-4-11(10)13/h3-4,6-8,15-16H,5H2,1-2H3,(H,14,17). The largest absolute Gasteiger partial charge is 0.508 e. The van der Waals surface area contributed by atoms with Gasteiger partial charge < -0.3 is 15.5 Å². The summed E-state index contributed by atoms with van der Waals surface area (Å²) in [7, 11) is 0. The molecule has 2 atom stereocenters. The minimum absolute atomic E-state index is 0.0114. The summed E-state index contributed by atoms with van der Waals surface area (Å²) in [6.07, 6.45) is -0.0210. The molecule has 5 heteroatoms. The number of benzene rings is 1. The van der Waals surface area contributed by atoms with Crippen molar-refractivity contribution < 1.29 is 15.0 Å². The van der Waals surface area contributed by atoms with Gasteiger partial charge in [-0.15, -0.1) is 0 Å². The van der Waals surface area contributed by atoms with Crippen LogP contribution >= 0.6 is 11.6 Å². The molecule has 0 aromatic heterocycles. The van der Waals surface area contributed by atoms with Crippen molar-refractivity contribution in [2.75, 3.05) is 0 Å². The molecule has 0 radical (unpaired) electrons. The first-order valence-corrected chi connectivity index (χ1v) is 5.75. The molecule has 1 rings (SSSR count). The number of amides is 1. The molecular formula is C12H16ClNO3. The normalized spacial score (nSPS) is 14.1. The number of carbonyl (C=O) groups excluding carboxylic acids is 1. The van der Waals surface area contributed by atoms with Crippen LogP contribution in [0, 0.1) is 0 Å². The van der Waals surface area contributed by atoms with Gasteiger partial charge in [-0.2, -0.15) is 0 Å². The Morgan fingerprint density at radius 3 is 2.71 bits per heavy atom.